The van der Waals surface area contributed by atoms with Crippen LogP contribution in [0.5, 0.6) is 11.5 Å². The van der Waals surface area contributed by atoms with Gasteiger partial charge in [-0.2, -0.15) is 0 Å². The maximum Gasteiger partial charge on any atom is 0.261 e. The number of rotatable bonds is 7. The van der Waals surface area contributed by atoms with Crippen molar-refractivity contribution in [1.82, 2.24) is 4.90 Å². The Hall–Kier alpha value is -2.82. The Bertz CT molecular complexity index is 1120. The van der Waals surface area contributed by atoms with Crippen LogP contribution in [0.3, 0.4) is 0 Å². The minimum atomic E-state index is -3.80. The smallest absolute Gasteiger partial charge is 0.261 e. The largest absolute Gasteiger partial charge is 0.497 e. The van der Waals surface area contributed by atoms with Crippen molar-refractivity contribution >= 4 is 21.6 Å². The number of amides is 1. The van der Waals surface area contributed by atoms with E-state index < -0.39 is 22.2 Å². The van der Waals surface area contributed by atoms with Crippen molar-refractivity contribution in [2.45, 2.75) is 42.0 Å². The molecule has 0 aliphatic carbocycles. The summed E-state index contributed by atoms with van der Waals surface area (Å²) in [6, 6.07) is 11.2. The third-order valence-corrected chi connectivity index (χ3v) is 7.42. The van der Waals surface area contributed by atoms with Crippen LogP contribution >= 0.6 is 0 Å². The second-order valence-electron chi connectivity index (χ2n) is 8.43. The summed E-state index contributed by atoms with van der Waals surface area (Å²) >= 11 is 0. The topological polar surface area (TPSA) is 114 Å². The molecule has 1 amide bonds. The second kappa shape index (κ2) is 9.20. The number of anilines is 1. The summed E-state index contributed by atoms with van der Waals surface area (Å²) in [7, 11) is 1.09. The van der Waals surface area contributed by atoms with E-state index in [-0.39, 0.29) is 35.9 Å². The Kier molecular flexibility index (Phi) is 6.51. The summed E-state index contributed by atoms with van der Waals surface area (Å²) in [6.07, 6.45) is -0.610. The van der Waals surface area contributed by atoms with E-state index in [1.807, 2.05) is 0 Å². The number of fused-ring (bicyclic) bond motifs is 3. The summed E-state index contributed by atoms with van der Waals surface area (Å²) in [6.45, 7) is -0.237. The number of benzene rings is 2. The minimum Gasteiger partial charge on any atom is -0.497 e. The molecule has 4 atom stereocenters. The lowest BCUT2D eigenvalue weighted by Crippen LogP contribution is -2.47. The molecule has 0 bridgehead atoms. The molecule has 2 N–H and O–H groups in total. The number of nitrogens with one attached hydrogen (secondary N) is 1. The number of nitrogens with zero attached hydrogens (tertiary/aromatic N) is 1. The molecule has 0 saturated carbocycles. The van der Waals surface area contributed by atoms with Gasteiger partial charge in [-0.15, -0.1) is 0 Å². The molecular weight excluding hydrogens is 448 g/mol. The zero-order chi connectivity index (χ0) is 23.8. The molecule has 0 spiro atoms. The number of carbonyl (C=O) groups is 1. The molecule has 2 heterocycles. The van der Waals surface area contributed by atoms with Crippen LogP contribution in [0.1, 0.15) is 24.3 Å². The summed E-state index contributed by atoms with van der Waals surface area (Å²) in [5.74, 6) is 1.00. The highest BCUT2D eigenvalue weighted by Crippen LogP contribution is 2.47. The fourth-order valence-electron chi connectivity index (χ4n) is 4.30. The second-order valence-corrected chi connectivity index (χ2v) is 10.1. The van der Waals surface area contributed by atoms with E-state index in [1.54, 1.807) is 44.4 Å². The zero-order valence-corrected chi connectivity index (χ0v) is 19.5. The van der Waals surface area contributed by atoms with Crippen molar-refractivity contribution in [3.05, 3.63) is 48.0 Å². The molecule has 2 aromatic carbocycles. The lowest BCUT2D eigenvalue weighted by Gasteiger charge is -2.37. The highest BCUT2D eigenvalue weighted by Gasteiger charge is 2.46. The Morgan fingerprint density at radius 3 is 2.58 bits per heavy atom. The van der Waals surface area contributed by atoms with Gasteiger partial charge in [0.2, 0.25) is 5.91 Å². The Morgan fingerprint density at radius 2 is 1.94 bits per heavy atom. The average Bonchev–Trinajstić information content (AvgIpc) is 3.16. The summed E-state index contributed by atoms with van der Waals surface area (Å²) in [4.78, 5) is 13.8. The molecule has 2 aromatic rings. The molecule has 1 saturated heterocycles. The first-order valence-electron chi connectivity index (χ1n) is 10.7. The fraction of sp³-hybridized carbons (Fsp3) is 0.435. The molecule has 33 heavy (non-hydrogen) atoms. The van der Waals surface area contributed by atoms with Gasteiger partial charge >= 0.3 is 0 Å². The van der Waals surface area contributed by atoms with Crippen molar-refractivity contribution in [3.63, 3.8) is 0 Å². The number of carbonyl (C=O) groups excluding carboxylic acids is 1. The first kappa shape index (κ1) is 23.3. The Morgan fingerprint density at radius 1 is 1.21 bits per heavy atom. The SMILES string of the molecule is COc1ccc(S(=O)(=O)Nc2ccc3c(c2)[C@H]2C[C@@H](CC(=O)N(C)C)O[C@@H](CO)[C@H]2O3)cc1. The Balaban J connectivity index is 1.56. The fourth-order valence-corrected chi connectivity index (χ4v) is 5.35. The summed E-state index contributed by atoms with van der Waals surface area (Å²) in [5, 5.41) is 9.85. The predicted octanol–water partition coefficient (Wildman–Crippen LogP) is 1.97. The molecular formula is C23H28N2O7S. The van der Waals surface area contributed by atoms with Gasteiger partial charge < -0.3 is 24.2 Å². The maximum atomic E-state index is 12.8. The molecule has 0 radical (unpaired) electrons. The first-order chi connectivity index (χ1) is 15.7. The van der Waals surface area contributed by atoms with Gasteiger partial charge in [0.1, 0.15) is 23.7 Å². The molecule has 178 valence electrons. The lowest BCUT2D eigenvalue weighted by molar-refractivity contribution is -0.147. The third-order valence-electron chi connectivity index (χ3n) is 6.02. The molecule has 9 nitrogen and oxygen atoms in total. The van der Waals surface area contributed by atoms with E-state index in [1.165, 1.54) is 24.1 Å². The average molecular weight is 477 g/mol. The van der Waals surface area contributed by atoms with E-state index in [9.17, 15) is 18.3 Å². The molecule has 4 rings (SSSR count). The van der Waals surface area contributed by atoms with Crippen LogP contribution in [0.25, 0.3) is 0 Å². The van der Waals surface area contributed by atoms with E-state index in [2.05, 4.69) is 4.72 Å². The van der Waals surface area contributed by atoms with Crippen molar-refractivity contribution in [1.29, 1.82) is 0 Å². The molecule has 2 aliphatic rings. The molecule has 0 unspecified atom stereocenters. The van der Waals surface area contributed by atoms with Crippen molar-refractivity contribution in [3.8, 4) is 11.5 Å². The number of aliphatic hydroxyl groups is 1. The van der Waals surface area contributed by atoms with Crippen LogP contribution < -0.4 is 14.2 Å². The number of sulfonamides is 1. The van der Waals surface area contributed by atoms with Crippen LogP contribution in [-0.2, 0) is 19.6 Å². The standard InChI is InChI=1S/C23H28N2O7S/c1-25(2)22(27)12-16-11-19-18-10-14(4-9-20(18)32-23(19)21(13-26)31-16)24-33(28,29)17-7-5-15(30-3)6-8-17/h4-10,16,19,21,23-24,26H,11-13H2,1-3H3/t16-,19+,21-,23-/m0/s1. The number of hydrogen-bond donors (Lipinski definition) is 2. The van der Waals surface area contributed by atoms with E-state index in [0.29, 0.717) is 23.6 Å². The zero-order valence-electron chi connectivity index (χ0n) is 18.7. The van der Waals surface area contributed by atoms with Gasteiger partial charge in [-0.3, -0.25) is 9.52 Å². The summed E-state index contributed by atoms with van der Waals surface area (Å²) in [5.41, 5.74) is 1.24. The highest BCUT2D eigenvalue weighted by molar-refractivity contribution is 7.92. The maximum absolute atomic E-state index is 12.8. The van der Waals surface area contributed by atoms with Crippen LogP contribution in [0.4, 0.5) is 5.69 Å². The number of methoxy groups -OCH3 is 1. The Labute approximate surface area is 193 Å². The summed E-state index contributed by atoms with van der Waals surface area (Å²) < 4.78 is 45.4. The number of hydrogen-bond acceptors (Lipinski definition) is 7. The molecule has 1 fully saturated rings. The number of aliphatic hydroxyl groups excluding tert-OH is 1. The van der Waals surface area contributed by atoms with E-state index in [4.69, 9.17) is 14.2 Å². The van der Waals surface area contributed by atoms with Crippen LogP contribution in [0, 0.1) is 0 Å². The van der Waals surface area contributed by atoms with E-state index in [0.717, 1.165) is 5.56 Å². The van der Waals surface area contributed by atoms with Crippen molar-refractivity contribution < 1.29 is 32.5 Å². The third kappa shape index (κ3) is 4.78. The van der Waals surface area contributed by atoms with Gasteiger partial charge in [-0.1, -0.05) is 0 Å². The van der Waals surface area contributed by atoms with Crippen molar-refractivity contribution in [2.24, 2.45) is 0 Å². The van der Waals surface area contributed by atoms with Gasteiger partial charge in [0.05, 0.1) is 31.1 Å². The van der Waals surface area contributed by atoms with Crippen molar-refractivity contribution in [2.75, 3.05) is 32.5 Å². The van der Waals surface area contributed by atoms with Gasteiger partial charge in [-0.25, -0.2) is 8.42 Å². The van der Waals surface area contributed by atoms with Crippen LogP contribution in [-0.4, -0.2) is 70.5 Å². The van der Waals surface area contributed by atoms with Gasteiger partial charge in [-0.05, 0) is 48.9 Å². The van der Waals surface area contributed by atoms with E-state index >= 15 is 0 Å². The predicted molar refractivity (Wildman–Crippen MR) is 121 cm³/mol. The minimum absolute atomic E-state index is 0.0599. The molecule has 10 heteroatoms. The van der Waals surface area contributed by atoms with Gasteiger partial charge in [0.25, 0.3) is 10.0 Å². The van der Waals surface area contributed by atoms with Gasteiger partial charge in [0.15, 0.2) is 0 Å². The van der Waals surface area contributed by atoms with Crippen LogP contribution in [0.2, 0.25) is 0 Å². The molecule has 2 aliphatic heterocycles. The van der Waals surface area contributed by atoms with Gasteiger partial charge in [0, 0.05) is 31.3 Å². The number of ether oxygens (including phenoxy) is 3. The molecule has 0 aromatic heterocycles. The quantitative estimate of drug-likeness (QED) is 0.628. The van der Waals surface area contributed by atoms with Crippen LogP contribution in [0.15, 0.2) is 47.4 Å². The lowest BCUT2D eigenvalue weighted by atomic mass is 9.84. The monoisotopic (exact) mass is 476 g/mol. The first-order valence-corrected chi connectivity index (χ1v) is 12.1. The normalized spacial score (nSPS) is 23.8. The highest BCUT2D eigenvalue weighted by atomic mass is 32.2.